The summed E-state index contributed by atoms with van der Waals surface area (Å²) in [6.45, 7) is 10.5. The maximum Gasteiger partial charge on any atom is 0.336 e. The summed E-state index contributed by atoms with van der Waals surface area (Å²) >= 11 is 0. The average Bonchev–Trinajstić information content (AvgIpc) is 2.16. The van der Waals surface area contributed by atoms with E-state index in [1.54, 1.807) is 0 Å². The first-order chi connectivity index (χ1) is 7.43. The number of carbonyl (C=O) groups excluding carboxylic acids is 1. The van der Waals surface area contributed by atoms with Gasteiger partial charge in [-0.25, -0.2) is 9.59 Å². The SMILES string of the molecule is C=C(C)OC(=O)/C=C\C(=O)O.CCOCC. The molecule has 0 aliphatic rings. The number of hydrogen-bond acceptors (Lipinski definition) is 4. The topological polar surface area (TPSA) is 72.8 Å². The van der Waals surface area contributed by atoms with Gasteiger partial charge in [-0.3, -0.25) is 0 Å². The monoisotopic (exact) mass is 230 g/mol. The molecule has 16 heavy (non-hydrogen) atoms. The van der Waals surface area contributed by atoms with E-state index in [0.717, 1.165) is 19.3 Å². The summed E-state index contributed by atoms with van der Waals surface area (Å²) in [5.74, 6) is -1.70. The van der Waals surface area contributed by atoms with Gasteiger partial charge in [0.15, 0.2) is 0 Å². The van der Waals surface area contributed by atoms with Crippen molar-refractivity contribution in [3.63, 3.8) is 0 Å². The van der Waals surface area contributed by atoms with Crippen molar-refractivity contribution in [2.24, 2.45) is 0 Å². The second-order valence-electron chi connectivity index (χ2n) is 2.58. The van der Waals surface area contributed by atoms with E-state index >= 15 is 0 Å². The molecule has 0 aliphatic heterocycles. The zero-order valence-electron chi connectivity index (χ0n) is 9.86. The number of carbonyl (C=O) groups is 2. The molecular formula is C11H18O5. The Labute approximate surface area is 95.4 Å². The average molecular weight is 230 g/mol. The van der Waals surface area contributed by atoms with Crippen LogP contribution in [0.25, 0.3) is 0 Å². The van der Waals surface area contributed by atoms with Crippen molar-refractivity contribution in [3.8, 4) is 0 Å². The Bertz CT molecular complexity index is 253. The molecule has 5 heteroatoms. The Kier molecular flexibility index (Phi) is 12.0. The first-order valence-electron chi connectivity index (χ1n) is 4.80. The third-order valence-corrected chi connectivity index (χ3v) is 1.05. The smallest absolute Gasteiger partial charge is 0.336 e. The number of carboxylic acids is 1. The van der Waals surface area contributed by atoms with Gasteiger partial charge in [0.1, 0.15) is 0 Å². The maximum atomic E-state index is 10.5. The van der Waals surface area contributed by atoms with Crippen LogP contribution in [0.15, 0.2) is 24.5 Å². The van der Waals surface area contributed by atoms with Gasteiger partial charge in [0, 0.05) is 25.4 Å². The van der Waals surface area contributed by atoms with Crippen molar-refractivity contribution >= 4 is 11.9 Å². The highest BCUT2D eigenvalue weighted by molar-refractivity contribution is 5.91. The number of esters is 1. The standard InChI is InChI=1S/C7H8O4.C4H10O/c1-5(2)11-7(10)4-3-6(8)9;1-3-5-4-2/h3-4H,1H2,2H3,(H,8,9);3-4H2,1-2H3/b4-3-;. The summed E-state index contributed by atoms with van der Waals surface area (Å²) < 4.78 is 9.25. The highest BCUT2D eigenvalue weighted by Gasteiger charge is 1.96. The molecule has 0 unspecified atom stereocenters. The largest absolute Gasteiger partial charge is 0.478 e. The van der Waals surface area contributed by atoms with Gasteiger partial charge in [0.2, 0.25) is 0 Å². The van der Waals surface area contributed by atoms with Crippen LogP contribution in [0.1, 0.15) is 20.8 Å². The van der Waals surface area contributed by atoms with Crippen LogP contribution in [0.3, 0.4) is 0 Å². The number of rotatable bonds is 5. The van der Waals surface area contributed by atoms with Crippen molar-refractivity contribution in [1.29, 1.82) is 0 Å². The number of allylic oxidation sites excluding steroid dienone is 1. The molecule has 0 fully saturated rings. The number of aliphatic carboxylic acids is 1. The summed E-state index contributed by atoms with van der Waals surface area (Å²) in [6, 6.07) is 0. The van der Waals surface area contributed by atoms with Gasteiger partial charge < -0.3 is 14.6 Å². The minimum Gasteiger partial charge on any atom is -0.478 e. The lowest BCUT2D eigenvalue weighted by atomic mass is 10.5. The zero-order chi connectivity index (χ0) is 13.0. The first kappa shape index (κ1) is 16.8. The molecular weight excluding hydrogens is 212 g/mol. The van der Waals surface area contributed by atoms with Crippen molar-refractivity contribution in [1.82, 2.24) is 0 Å². The lowest BCUT2D eigenvalue weighted by molar-refractivity contribution is -0.135. The Morgan fingerprint density at radius 3 is 2.00 bits per heavy atom. The summed E-state index contributed by atoms with van der Waals surface area (Å²) in [4.78, 5) is 20.4. The van der Waals surface area contributed by atoms with E-state index in [-0.39, 0.29) is 5.76 Å². The third kappa shape index (κ3) is 18.2. The Morgan fingerprint density at radius 2 is 1.75 bits per heavy atom. The molecule has 1 N–H and O–H groups in total. The molecule has 0 aliphatic carbocycles. The lowest BCUT2D eigenvalue weighted by Crippen LogP contribution is -1.99. The van der Waals surface area contributed by atoms with E-state index in [9.17, 15) is 9.59 Å². The van der Waals surface area contributed by atoms with Crippen molar-refractivity contribution in [3.05, 3.63) is 24.5 Å². The van der Waals surface area contributed by atoms with E-state index < -0.39 is 11.9 Å². The summed E-state index contributed by atoms with van der Waals surface area (Å²) in [5, 5.41) is 8.08. The van der Waals surface area contributed by atoms with Crippen LogP contribution < -0.4 is 0 Å². The lowest BCUT2D eigenvalue weighted by Gasteiger charge is -1.95. The Balaban J connectivity index is 0. The van der Waals surface area contributed by atoms with Crippen LogP contribution >= 0.6 is 0 Å². The highest BCUT2D eigenvalue weighted by atomic mass is 16.5. The minimum atomic E-state index is -1.19. The van der Waals surface area contributed by atoms with Crippen molar-refractivity contribution < 1.29 is 24.2 Å². The normalized spacial score (nSPS) is 9.19. The maximum absolute atomic E-state index is 10.5. The van der Waals surface area contributed by atoms with Gasteiger partial charge >= 0.3 is 11.9 Å². The molecule has 0 rings (SSSR count). The number of carboxylic acid groups (broad SMARTS) is 1. The van der Waals surface area contributed by atoms with Crippen molar-refractivity contribution in [2.75, 3.05) is 13.2 Å². The third-order valence-electron chi connectivity index (χ3n) is 1.05. The molecule has 5 nitrogen and oxygen atoms in total. The highest BCUT2D eigenvalue weighted by Crippen LogP contribution is 1.91. The predicted octanol–water partition coefficient (Wildman–Crippen LogP) is 1.75. The molecule has 0 saturated carbocycles. The fraction of sp³-hybridized carbons (Fsp3) is 0.455. The minimum absolute atomic E-state index is 0.227. The summed E-state index contributed by atoms with van der Waals surface area (Å²) in [5.41, 5.74) is 0. The van der Waals surface area contributed by atoms with Gasteiger partial charge in [-0.2, -0.15) is 0 Å². The molecule has 0 amide bonds. The van der Waals surface area contributed by atoms with Crippen LogP contribution in [-0.4, -0.2) is 30.3 Å². The first-order valence-corrected chi connectivity index (χ1v) is 4.80. The molecule has 92 valence electrons. The van der Waals surface area contributed by atoms with E-state index in [2.05, 4.69) is 11.3 Å². The van der Waals surface area contributed by atoms with E-state index in [0.29, 0.717) is 6.08 Å². The molecule has 0 saturated heterocycles. The fourth-order valence-corrected chi connectivity index (χ4v) is 0.549. The molecule has 0 aromatic heterocycles. The van der Waals surface area contributed by atoms with E-state index in [1.807, 2.05) is 13.8 Å². The summed E-state index contributed by atoms with van der Waals surface area (Å²) in [6.07, 6.45) is 1.52. The number of ether oxygens (including phenoxy) is 2. The van der Waals surface area contributed by atoms with Crippen LogP contribution in [0.2, 0.25) is 0 Å². The molecule has 0 atom stereocenters. The van der Waals surface area contributed by atoms with Crippen LogP contribution in [0.4, 0.5) is 0 Å². The van der Waals surface area contributed by atoms with Gasteiger partial charge in [0.05, 0.1) is 5.76 Å². The van der Waals surface area contributed by atoms with Crippen molar-refractivity contribution in [2.45, 2.75) is 20.8 Å². The quantitative estimate of drug-likeness (QED) is 0.442. The molecule has 0 radical (unpaired) electrons. The van der Waals surface area contributed by atoms with Gasteiger partial charge in [-0.1, -0.05) is 6.58 Å². The van der Waals surface area contributed by atoms with Crippen LogP contribution in [0, 0.1) is 0 Å². The van der Waals surface area contributed by atoms with Gasteiger partial charge in [0.25, 0.3) is 0 Å². The zero-order valence-corrected chi connectivity index (χ0v) is 9.86. The second-order valence-corrected chi connectivity index (χ2v) is 2.58. The van der Waals surface area contributed by atoms with E-state index in [1.165, 1.54) is 6.92 Å². The molecule has 0 aromatic carbocycles. The van der Waals surface area contributed by atoms with Crippen LogP contribution in [-0.2, 0) is 19.1 Å². The molecule has 0 heterocycles. The predicted molar refractivity (Wildman–Crippen MR) is 59.8 cm³/mol. The Morgan fingerprint density at radius 1 is 1.25 bits per heavy atom. The van der Waals surface area contributed by atoms with Gasteiger partial charge in [-0.05, 0) is 20.8 Å². The van der Waals surface area contributed by atoms with Crippen LogP contribution in [0.5, 0.6) is 0 Å². The molecule has 0 spiro atoms. The van der Waals surface area contributed by atoms with E-state index in [4.69, 9.17) is 9.84 Å². The second kappa shape index (κ2) is 11.5. The summed E-state index contributed by atoms with van der Waals surface area (Å²) in [7, 11) is 0. The fourth-order valence-electron chi connectivity index (χ4n) is 0.549. The Hall–Kier alpha value is -1.62. The number of hydrogen-bond donors (Lipinski definition) is 1. The molecule has 0 bridgehead atoms. The van der Waals surface area contributed by atoms with Gasteiger partial charge in [-0.15, -0.1) is 0 Å². The molecule has 0 aromatic rings.